The lowest BCUT2D eigenvalue weighted by atomic mass is 9.92. The minimum absolute atomic E-state index is 0.189. The van der Waals surface area contributed by atoms with Crippen LogP contribution in [0.15, 0.2) is 67.0 Å². The number of fused-ring (bicyclic) bond motifs is 1. The maximum atomic E-state index is 13.5. The fraction of sp³-hybridized carbons (Fsp3) is 0.371. The smallest absolute Gasteiger partial charge is 0.164 e. The van der Waals surface area contributed by atoms with E-state index in [0.717, 1.165) is 78.6 Å². The Hall–Kier alpha value is -4.08. The second-order valence-corrected chi connectivity index (χ2v) is 11.6. The van der Waals surface area contributed by atoms with Gasteiger partial charge >= 0.3 is 0 Å². The quantitative estimate of drug-likeness (QED) is 0.163. The molecular formula is C35H36N4O2. The summed E-state index contributed by atoms with van der Waals surface area (Å²) in [7, 11) is 0. The lowest BCUT2D eigenvalue weighted by Crippen LogP contribution is -2.45. The van der Waals surface area contributed by atoms with Gasteiger partial charge in [0.15, 0.2) is 5.78 Å². The first kappa shape index (κ1) is 27.1. The third kappa shape index (κ3) is 6.01. The van der Waals surface area contributed by atoms with Crippen LogP contribution in [0, 0.1) is 11.3 Å². The molecule has 2 aromatic carbocycles. The molecule has 3 heterocycles. The number of unbranched alkanes of at least 4 members (excludes halogenated alkanes) is 1. The minimum Gasteiger partial charge on any atom is -0.372 e. The fourth-order valence-electron chi connectivity index (χ4n) is 6.10. The van der Waals surface area contributed by atoms with Crippen LogP contribution in [0.5, 0.6) is 0 Å². The van der Waals surface area contributed by atoms with Crippen molar-refractivity contribution in [2.24, 2.45) is 0 Å². The molecular weight excluding hydrogens is 508 g/mol. The largest absolute Gasteiger partial charge is 0.372 e. The third-order valence-corrected chi connectivity index (χ3v) is 8.22. The van der Waals surface area contributed by atoms with Gasteiger partial charge in [0, 0.05) is 48.4 Å². The number of Topliss-reactive ketones (excluding diaryl/α,β-unsaturated/α-hetero) is 1. The first-order chi connectivity index (χ1) is 20.0. The number of hydrogen-bond donors (Lipinski definition) is 0. The van der Waals surface area contributed by atoms with Gasteiger partial charge in [0.25, 0.3) is 0 Å². The zero-order valence-corrected chi connectivity index (χ0v) is 23.8. The summed E-state index contributed by atoms with van der Waals surface area (Å²) in [6, 6.07) is 20.3. The van der Waals surface area contributed by atoms with Gasteiger partial charge in [-0.15, -0.1) is 0 Å². The Kier molecular flexibility index (Phi) is 7.80. The number of ketones is 1. The summed E-state index contributed by atoms with van der Waals surface area (Å²) in [5.74, 6) is 1.62. The summed E-state index contributed by atoms with van der Waals surface area (Å²) in [6.45, 7) is 5.94. The van der Waals surface area contributed by atoms with E-state index in [-0.39, 0.29) is 18.0 Å². The molecule has 1 saturated heterocycles. The number of anilines is 1. The number of carbonyl (C=O) groups excluding carboxylic acids is 1. The Morgan fingerprint density at radius 1 is 0.976 bits per heavy atom. The van der Waals surface area contributed by atoms with Crippen molar-refractivity contribution in [3.63, 3.8) is 0 Å². The van der Waals surface area contributed by atoms with Gasteiger partial charge in [0.2, 0.25) is 0 Å². The van der Waals surface area contributed by atoms with Crippen LogP contribution in [0.3, 0.4) is 0 Å². The van der Waals surface area contributed by atoms with Gasteiger partial charge in [-0.1, -0.05) is 36.4 Å². The van der Waals surface area contributed by atoms with Gasteiger partial charge in [-0.2, -0.15) is 5.26 Å². The van der Waals surface area contributed by atoms with Gasteiger partial charge in [-0.3, -0.25) is 9.78 Å². The molecule has 1 aliphatic heterocycles. The van der Waals surface area contributed by atoms with E-state index in [0.29, 0.717) is 17.9 Å². The van der Waals surface area contributed by atoms with Crippen molar-refractivity contribution in [2.75, 3.05) is 18.0 Å². The standard InChI is InChI=1S/C35H36N4O2/c1-23-21-39(22-24(2)41-23)33-17-12-26(19-37-33)6-3-4-9-32(40)31-20-38-35-29(27-13-10-25(18-36)11-14-27)7-5-8-30(35)34(31)28-15-16-28/h5,7-8,10-14,17,19-20,23-24,28H,3-4,6,9,15-16,21-22H2,1-2H3/t23-,24+. The number of benzene rings is 2. The number of pyridine rings is 2. The summed E-state index contributed by atoms with van der Waals surface area (Å²) in [6.07, 6.45) is 9.66. The summed E-state index contributed by atoms with van der Waals surface area (Å²) >= 11 is 0. The predicted molar refractivity (Wildman–Crippen MR) is 162 cm³/mol. The number of rotatable bonds is 9. The van der Waals surface area contributed by atoms with Crippen molar-refractivity contribution < 1.29 is 9.53 Å². The van der Waals surface area contributed by atoms with Crippen LogP contribution in [0.1, 0.15) is 78.9 Å². The molecule has 6 heteroatoms. The number of morpholine rings is 1. The van der Waals surface area contributed by atoms with Crippen LogP contribution < -0.4 is 4.90 Å². The maximum Gasteiger partial charge on any atom is 0.164 e. The summed E-state index contributed by atoms with van der Waals surface area (Å²) in [4.78, 5) is 25.3. The topological polar surface area (TPSA) is 79.1 Å². The summed E-state index contributed by atoms with van der Waals surface area (Å²) in [5.41, 5.74) is 6.78. The molecule has 1 aliphatic carbocycles. The highest BCUT2D eigenvalue weighted by atomic mass is 16.5. The number of carbonyl (C=O) groups is 1. The average Bonchev–Trinajstić information content (AvgIpc) is 3.83. The lowest BCUT2D eigenvalue weighted by Gasteiger charge is -2.36. The number of aromatic nitrogens is 2. The highest BCUT2D eigenvalue weighted by molar-refractivity contribution is 6.04. The molecule has 0 amide bonds. The number of hydrogen-bond acceptors (Lipinski definition) is 6. The van der Waals surface area contributed by atoms with Crippen LogP contribution in [0.4, 0.5) is 5.82 Å². The Bertz CT molecular complexity index is 1580. The van der Waals surface area contributed by atoms with E-state index in [2.05, 4.69) is 55.1 Å². The van der Waals surface area contributed by atoms with E-state index in [1.165, 1.54) is 11.1 Å². The maximum absolute atomic E-state index is 13.5. The normalized spacial score (nSPS) is 18.8. The molecule has 6 rings (SSSR count). The minimum atomic E-state index is 0.189. The number of nitriles is 1. The van der Waals surface area contributed by atoms with E-state index >= 15 is 0 Å². The molecule has 2 fully saturated rings. The third-order valence-electron chi connectivity index (χ3n) is 8.22. The SMILES string of the molecule is C[C@@H]1CN(c2ccc(CCCCC(=O)c3cnc4c(-c5ccc(C#N)cc5)cccc4c3C3CC3)cn2)C[C@H](C)O1. The van der Waals surface area contributed by atoms with Crippen LogP contribution in [0.2, 0.25) is 0 Å². The molecule has 2 aliphatic rings. The molecule has 2 aromatic heterocycles. The van der Waals surface area contributed by atoms with Gasteiger partial charge in [-0.05, 0) is 86.8 Å². The Balaban J connectivity index is 1.11. The molecule has 6 nitrogen and oxygen atoms in total. The summed E-state index contributed by atoms with van der Waals surface area (Å²) < 4.78 is 5.84. The zero-order chi connectivity index (χ0) is 28.3. The van der Waals surface area contributed by atoms with Crippen LogP contribution in [-0.2, 0) is 11.2 Å². The van der Waals surface area contributed by atoms with E-state index < -0.39 is 0 Å². The van der Waals surface area contributed by atoms with Gasteiger partial charge < -0.3 is 9.64 Å². The van der Waals surface area contributed by atoms with Crippen LogP contribution in [0.25, 0.3) is 22.0 Å². The average molecular weight is 545 g/mol. The predicted octanol–water partition coefficient (Wildman–Crippen LogP) is 7.26. The van der Waals surface area contributed by atoms with Crippen molar-refractivity contribution in [1.29, 1.82) is 5.26 Å². The fourth-order valence-corrected chi connectivity index (χ4v) is 6.10. The molecule has 0 unspecified atom stereocenters. The van der Waals surface area contributed by atoms with Gasteiger partial charge in [0.05, 0.1) is 29.4 Å². The zero-order valence-electron chi connectivity index (χ0n) is 23.8. The molecule has 208 valence electrons. The molecule has 2 atom stereocenters. The Labute approximate surface area is 242 Å². The molecule has 0 radical (unpaired) electrons. The van der Waals surface area contributed by atoms with E-state index in [1.54, 1.807) is 0 Å². The van der Waals surface area contributed by atoms with Crippen molar-refractivity contribution in [1.82, 2.24) is 9.97 Å². The molecule has 41 heavy (non-hydrogen) atoms. The molecule has 0 N–H and O–H groups in total. The second kappa shape index (κ2) is 11.8. The van der Waals surface area contributed by atoms with Crippen molar-refractivity contribution in [2.45, 2.75) is 70.5 Å². The first-order valence-electron chi connectivity index (χ1n) is 14.8. The molecule has 0 bridgehead atoms. The first-order valence-corrected chi connectivity index (χ1v) is 14.8. The molecule has 1 saturated carbocycles. The van der Waals surface area contributed by atoms with Gasteiger partial charge in [0.1, 0.15) is 5.82 Å². The van der Waals surface area contributed by atoms with Crippen LogP contribution in [-0.4, -0.2) is 41.0 Å². The van der Waals surface area contributed by atoms with Gasteiger partial charge in [-0.25, -0.2) is 4.98 Å². The molecule has 0 spiro atoms. The van der Waals surface area contributed by atoms with Crippen LogP contribution >= 0.6 is 0 Å². The van der Waals surface area contributed by atoms with E-state index in [9.17, 15) is 4.79 Å². The highest BCUT2D eigenvalue weighted by Crippen LogP contribution is 2.46. The number of para-hydroxylation sites is 1. The summed E-state index contributed by atoms with van der Waals surface area (Å²) in [5, 5.41) is 10.2. The number of aryl methyl sites for hydroxylation is 1. The lowest BCUT2D eigenvalue weighted by molar-refractivity contribution is -0.00546. The monoisotopic (exact) mass is 544 g/mol. The van der Waals surface area contributed by atoms with Crippen molar-refractivity contribution in [3.8, 4) is 17.2 Å². The van der Waals surface area contributed by atoms with Crippen molar-refractivity contribution >= 4 is 22.5 Å². The van der Waals surface area contributed by atoms with E-state index in [4.69, 9.17) is 20.0 Å². The highest BCUT2D eigenvalue weighted by Gasteiger charge is 2.30. The Morgan fingerprint density at radius 3 is 2.44 bits per heavy atom. The Morgan fingerprint density at radius 2 is 1.76 bits per heavy atom. The van der Waals surface area contributed by atoms with E-state index in [1.807, 2.05) is 36.7 Å². The number of ether oxygens (including phenoxy) is 1. The van der Waals surface area contributed by atoms with Crippen molar-refractivity contribution in [3.05, 3.63) is 89.2 Å². The second-order valence-electron chi connectivity index (χ2n) is 11.6. The molecule has 4 aromatic rings. The number of nitrogens with zero attached hydrogens (tertiary/aromatic N) is 4.